The van der Waals surface area contributed by atoms with Crippen molar-refractivity contribution in [3.05, 3.63) is 66.5 Å². The maximum Gasteiger partial charge on any atom is 0.118 e. The van der Waals surface area contributed by atoms with Gasteiger partial charge in [0.1, 0.15) is 5.76 Å². The lowest BCUT2D eigenvalue weighted by Crippen LogP contribution is -2.00. The van der Waals surface area contributed by atoms with Gasteiger partial charge in [-0.3, -0.25) is 0 Å². The summed E-state index contributed by atoms with van der Waals surface area (Å²) in [6.07, 6.45) is 8.26. The summed E-state index contributed by atoms with van der Waals surface area (Å²) in [7, 11) is 0. The van der Waals surface area contributed by atoms with E-state index in [9.17, 15) is 0 Å². The molecule has 0 bridgehead atoms. The van der Waals surface area contributed by atoms with Crippen LogP contribution in [-0.4, -0.2) is 6.61 Å². The fraction of sp³-hybridized carbons (Fsp3) is 0.200. The van der Waals surface area contributed by atoms with Crippen LogP contribution in [0.5, 0.6) is 0 Å². The highest BCUT2D eigenvalue weighted by Crippen LogP contribution is 2.12. The van der Waals surface area contributed by atoms with Crippen molar-refractivity contribution in [2.45, 2.75) is 13.3 Å². The molecular formula is C15H19NO. The first kappa shape index (κ1) is 13.1. The van der Waals surface area contributed by atoms with Crippen LogP contribution in [0.3, 0.4) is 0 Å². The lowest BCUT2D eigenvalue weighted by Gasteiger charge is -2.08. The van der Waals surface area contributed by atoms with Gasteiger partial charge < -0.3 is 10.5 Å². The summed E-state index contributed by atoms with van der Waals surface area (Å²) in [5.74, 6) is 0.776. The molecular weight excluding hydrogens is 210 g/mol. The highest BCUT2D eigenvalue weighted by molar-refractivity contribution is 5.46. The number of nitrogen functional groups attached to an aromatic ring is 1. The van der Waals surface area contributed by atoms with Gasteiger partial charge in [-0.1, -0.05) is 36.9 Å². The summed E-state index contributed by atoms with van der Waals surface area (Å²) < 4.78 is 5.59. The van der Waals surface area contributed by atoms with Crippen LogP contribution in [0.4, 0.5) is 5.69 Å². The Morgan fingerprint density at radius 3 is 2.82 bits per heavy atom. The van der Waals surface area contributed by atoms with Gasteiger partial charge in [-0.25, -0.2) is 0 Å². The Morgan fingerprint density at radius 2 is 2.18 bits per heavy atom. The average molecular weight is 229 g/mol. The van der Waals surface area contributed by atoms with Gasteiger partial charge in [0.15, 0.2) is 0 Å². The number of hydrogen-bond donors (Lipinski definition) is 1. The van der Waals surface area contributed by atoms with Crippen LogP contribution in [0.1, 0.15) is 12.5 Å². The van der Waals surface area contributed by atoms with Crippen molar-refractivity contribution < 1.29 is 4.74 Å². The van der Waals surface area contributed by atoms with E-state index in [1.54, 1.807) is 6.08 Å². The van der Waals surface area contributed by atoms with E-state index in [1.165, 1.54) is 0 Å². The molecule has 0 atom stereocenters. The predicted octanol–water partition coefficient (Wildman–Crippen LogP) is 3.47. The molecule has 0 spiro atoms. The third-order valence-corrected chi connectivity index (χ3v) is 2.35. The van der Waals surface area contributed by atoms with Gasteiger partial charge in [-0.05, 0) is 30.7 Å². The lowest BCUT2D eigenvalue weighted by molar-refractivity contribution is 0.228. The third kappa shape index (κ3) is 4.60. The lowest BCUT2D eigenvalue weighted by atomic mass is 10.1. The Labute approximate surface area is 103 Å². The van der Waals surface area contributed by atoms with Crippen molar-refractivity contribution in [3.63, 3.8) is 0 Å². The van der Waals surface area contributed by atoms with Crippen molar-refractivity contribution in [1.29, 1.82) is 0 Å². The van der Waals surface area contributed by atoms with Gasteiger partial charge in [-0.15, -0.1) is 0 Å². The van der Waals surface area contributed by atoms with Crippen molar-refractivity contribution in [3.8, 4) is 0 Å². The molecule has 0 heterocycles. The first-order valence-electron chi connectivity index (χ1n) is 5.69. The molecule has 0 unspecified atom stereocenters. The summed E-state index contributed by atoms with van der Waals surface area (Å²) in [5.41, 5.74) is 7.78. The second kappa shape index (κ2) is 7.34. The molecule has 90 valence electrons. The normalized spacial score (nSPS) is 11.7. The molecule has 0 aliphatic rings. The number of ether oxygens (including phenoxy) is 1. The Kier molecular flexibility index (Phi) is 5.66. The number of hydrogen-bond acceptors (Lipinski definition) is 2. The van der Waals surface area contributed by atoms with Crippen molar-refractivity contribution in [2.75, 3.05) is 12.3 Å². The molecule has 2 nitrogen and oxygen atoms in total. The zero-order valence-corrected chi connectivity index (χ0v) is 10.2. The summed E-state index contributed by atoms with van der Waals surface area (Å²) >= 11 is 0. The van der Waals surface area contributed by atoms with E-state index >= 15 is 0 Å². The molecule has 0 aromatic heterocycles. The topological polar surface area (TPSA) is 35.2 Å². The Balaban J connectivity index is 2.47. The third-order valence-electron chi connectivity index (χ3n) is 2.35. The number of anilines is 1. The molecule has 1 aromatic carbocycles. The van der Waals surface area contributed by atoms with Crippen LogP contribution < -0.4 is 5.73 Å². The van der Waals surface area contributed by atoms with Crippen molar-refractivity contribution >= 4 is 5.69 Å². The zero-order chi connectivity index (χ0) is 12.5. The smallest absolute Gasteiger partial charge is 0.118 e. The fourth-order valence-corrected chi connectivity index (χ4v) is 1.41. The predicted molar refractivity (Wildman–Crippen MR) is 73.6 cm³/mol. The molecule has 0 aliphatic carbocycles. The van der Waals surface area contributed by atoms with E-state index in [2.05, 4.69) is 6.58 Å². The number of allylic oxidation sites excluding steroid dienone is 4. The molecule has 0 radical (unpaired) electrons. The zero-order valence-electron chi connectivity index (χ0n) is 10.2. The Hall–Kier alpha value is -1.96. The number of rotatable bonds is 6. The first-order chi connectivity index (χ1) is 8.27. The van der Waals surface area contributed by atoms with Crippen LogP contribution in [0, 0.1) is 0 Å². The molecule has 1 rings (SSSR count). The van der Waals surface area contributed by atoms with Crippen LogP contribution >= 0.6 is 0 Å². The quantitative estimate of drug-likeness (QED) is 0.460. The molecule has 0 fully saturated rings. The van der Waals surface area contributed by atoms with Crippen LogP contribution in [0.15, 0.2) is 60.9 Å². The van der Waals surface area contributed by atoms with Gasteiger partial charge in [0, 0.05) is 12.1 Å². The van der Waals surface area contributed by atoms with E-state index < -0.39 is 0 Å². The van der Waals surface area contributed by atoms with E-state index in [4.69, 9.17) is 10.5 Å². The van der Waals surface area contributed by atoms with E-state index in [-0.39, 0.29) is 0 Å². The van der Waals surface area contributed by atoms with Gasteiger partial charge >= 0.3 is 0 Å². The minimum atomic E-state index is 0.601. The second-order valence-corrected chi connectivity index (χ2v) is 3.60. The molecule has 2 N–H and O–H groups in total. The molecule has 0 amide bonds. The molecule has 0 aliphatic heterocycles. The number of benzene rings is 1. The number of nitrogens with two attached hydrogens (primary N) is 1. The molecule has 17 heavy (non-hydrogen) atoms. The minimum absolute atomic E-state index is 0.601. The highest BCUT2D eigenvalue weighted by Gasteiger charge is 1.98. The molecule has 2 heteroatoms. The summed E-state index contributed by atoms with van der Waals surface area (Å²) in [4.78, 5) is 0. The minimum Gasteiger partial charge on any atom is -0.493 e. The van der Waals surface area contributed by atoms with E-state index in [0.29, 0.717) is 6.61 Å². The summed E-state index contributed by atoms with van der Waals surface area (Å²) in [6.45, 7) is 6.27. The van der Waals surface area contributed by atoms with Crippen LogP contribution in [0.2, 0.25) is 0 Å². The van der Waals surface area contributed by atoms with Gasteiger partial charge in [0.2, 0.25) is 0 Å². The Bertz CT molecular complexity index is 419. The summed E-state index contributed by atoms with van der Waals surface area (Å²) in [5, 5.41) is 0. The monoisotopic (exact) mass is 229 g/mol. The SMILES string of the molecule is C=C/C(=C\C=C/C)OCCc1ccccc1N. The number of para-hydroxylation sites is 1. The van der Waals surface area contributed by atoms with Gasteiger partial charge in [-0.2, -0.15) is 0 Å². The average Bonchev–Trinajstić information content (AvgIpc) is 2.35. The maximum atomic E-state index is 5.85. The van der Waals surface area contributed by atoms with E-state index in [1.807, 2.05) is 49.4 Å². The Morgan fingerprint density at radius 1 is 1.41 bits per heavy atom. The summed E-state index contributed by atoms with van der Waals surface area (Å²) in [6, 6.07) is 7.83. The van der Waals surface area contributed by atoms with Crippen molar-refractivity contribution in [1.82, 2.24) is 0 Å². The molecule has 0 saturated heterocycles. The second-order valence-electron chi connectivity index (χ2n) is 3.60. The fourth-order valence-electron chi connectivity index (χ4n) is 1.41. The van der Waals surface area contributed by atoms with Gasteiger partial charge in [0.05, 0.1) is 6.61 Å². The van der Waals surface area contributed by atoms with Crippen LogP contribution in [0.25, 0.3) is 0 Å². The highest BCUT2D eigenvalue weighted by atomic mass is 16.5. The molecule has 1 aromatic rings. The maximum absolute atomic E-state index is 5.85. The van der Waals surface area contributed by atoms with E-state index in [0.717, 1.165) is 23.4 Å². The molecule has 0 saturated carbocycles. The van der Waals surface area contributed by atoms with Gasteiger partial charge in [0.25, 0.3) is 0 Å². The van der Waals surface area contributed by atoms with Crippen molar-refractivity contribution in [2.24, 2.45) is 0 Å². The largest absolute Gasteiger partial charge is 0.493 e. The standard InChI is InChI=1S/C15H19NO/c1-3-5-9-14(4-2)17-12-11-13-8-6-7-10-15(13)16/h3-10H,2,11-12,16H2,1H3/b5-3-,14-9+. The first-order valence-corrected chi connectivity index (χ1v) is 5.69. The van der Waals surface area contributed by atoms with Crippen LogP contribution in [-0.2, 0) is 11.2 Å².